The summed E-state index contributed by atoms with van der Waals surface area (Å²) in [6.07, 6.45) is 4.67. The van der Waals surface area contributed by atoms with Crippen molar-refractivity contribution in [3.8, 4) is 0 Å². The van der Waals surface area contributed by atoms with Crippen molar-refractivity contribution in [2.75, 3.05) is 20.2 Å². The van der Waals surface area contributed by atoms with Crippen LogP contribution in [0, 0.1) is 6.92 Å². The van der Waals surface area contributed by atoms with E-state index in [-0.39, 0.29) is 12.5 Å². The number of aryl methyl sites for hydroxylation is 1. The number of hydrogen-bond donors (Lipinski definition) is 1. The van der Waals surface area contributed by atoms with E-state index in [0.717, 1.165) is 31.6 Å². The van der Waals surface area contributed by atoms with Crippen molar-refractivity contribution in [3.05, 3.63) is 65.1 Å². The Kier molecular flexibility index (Phi) is 4.32. The van der Waals surface area contributed by atoms with Crippen LogP contribution in [0.5, 0.6) is 0 Å². The molecule has 1 unspecified atom stereocenters. The number of nitrogens with zero attached hydrogens (tertiary/aromatic N) is 3. The van der Waals surface area contributed by atoms with Crippen LogP contribution in [0.4, 0.5) is 0 Å². The third-order valence-electron chi connectivity index (χ3n) is 5.40. The van der Waals surface area contributed by atoms with Gasteiger partial charge in [0.05, 0.1) is 6.61 Å². The van der Waals surface area contributed by atoms with Gasteiger partial charge in [0.2, 0.25) is 0 Å². The maximum absolute atomic E-state index is 10.00. The maximum atomic E-state index is 10.00. The standard InChI is InChI=1S/C21H25N3O/c1-15-3-4-20-18(11-15)19-13-23(2)10-7-21(19)24(20)12-17(14-25)16-5-8-22-9-6-16/h3-6,8-9,11,17,25H,7,10,12-14H2,1-2H3. The van der Waals surface area contributed by atoms with E-state index < -0.39 is 0 Å². The minimum absolute atomic E-state index is 0.0867. The Morgan fingerprint density at radius 3 is 2.76 bits per heavy atom. The van der Waals surface area contributed by atoms with Gasteiger partial charge in [-0.1, -0.05) is 11.6 Å². The molecular weight excluding hydrogens is 310 g/mol. The molecule has 3 heterocycles. The van der Waals surface area contributed by atoms with Crippen LogP contribution in [0.25, 0.3) is 10.9 Å². The second kappa shape index (κ2) is 6.62. The van der Waals surface area contributed by atoms with Gasteiger partial charge >= 0.3 is 0 Å². The molecule has 0 radical (unpaired) electrons. The molecule has 0 bridgehead atoms. The fourth-order valence-electron chi connectivity index (χ4n) is 4.03. The third-order valence-corrected chi connectivity index (χ3v) is 5.40. The predicted molar refractivity (Wildman–Crippen MR) is 101 cm³/mol. The summed E-state index contributed by atoms with van der Waals surface area (Å²) in [5.41, 5.74) is 6.63. The highest BCUT2D eigenvalue weighted by Crippen LogP contribution is 2.33. The van der Waals surface area contributed by atoms with Crippen molar-refractivity contribution in [3.63, 3.8) is 0 Å². The number of rotatable bonds is 4. The molecule has 130 valence electrons. The summed E-state index contributed by atoms with van der Waals surface area (Å²) in [4.78, 5) is 6.49. The van der Waals surface area contributed by atoms with Crippen molar-refractivity contribution in [1.29, 1.82) is 0 Å². The van der Waals surface area contributed by atoms with Crippen molar-refractivity contribution in [1.82, 2.24) is 14.5 Å². The normalized spacial score (nSPS) is 16.1. The Balaban J connectivity index is 1.81. The summed E-state index contributed by atoms with van der Waals surface area (Å²) in [6, 6.07) is 10.8. The summed E-state index contributed by atoms with van der Waals surface area (Å²) < 4.78 is 2.44. The molecule has 0 aliphatic carbocycles. The van der Waals surface area contributed by atoms with E-state index in [0.29, 0.717) is 0 Å². The van der Waals surface area contributed by atoms with E-state index in [1.807, 2.05) is 12.1 Å². The van der Waals surface area contributed by atoms with E-state index in [1.54, 1.807) is 12.4 Å². The lowest BCUT2D eigenvalue weighted by Crippen LogP contribution is -2.28. The van der Waals surface area contributed by atoms with Gasteiger partial charge in [0.25, 0.3) is 0 Å². The molecule has 1 N–H and O–H groups in total. The van der Waals surface area contributed by atoms with Crippen molar-refractivity contribution < 1.29 is 5.11 Å². The molecule has 1 aromatic carbocycles. The molecule has 4 rings (SSSR count). The molecular formula is C21H25N3O. The highest BCUT2D eigenvalue weighted by atomic mass is 16.3. The number of aliphatic hydroxyl groups is 1. The van der Waals surface area contributed by atoms with E-state index in [4.69, 9.17) is 0 Å². The Morgan fingerprint density at radius 1 is 1.20 bits per heavy atom. The molecule has 1 aliphatic rings. The average molecular weight is 335 g/mol. The molecule has 4 heteroatoms. The molecule has 0 saturated carbocycles. The van der Waals surface area contributed by atoms with Gasteiger partial charge in [0.1, 0.15) is 0 Å². The number of aromatic nitrogens is 2. The second-order valence-corrected chi connectivity index (χ2v) is 7.20. The zero-order valence-electron chi connectivity index (χ0n) is 14.9. The van der Waals surface area contributed by atoms with Gasteiger partial charge in [-0.2, -0.15) is 0 Å². The highest BCUT2D eigenvalue weighted by Gasteiger charge is 2.24. The van der Waals surface area contributed by atoms with E-state index in [9.17, 15) is 5.11 Å². The molecule has 4 nitrogen and oxygen atoms in total. The SMILES string of the molecule is Cc1ccc2c(c1)c1c(n2CC(CO)c2ccncc2)CCN(C)C1. The van der Waals surface area contributed by atoms with Crippen molar-refractivity contribution in [2.24, 2.45) is 0 Å². The van der Waals surface area contributed by atoms with Gasteiger partial charge in [-0.05, 0) is 49.4 Å². The Labute approximate surface area is 148 Å². The molecule has 0 fully saturated rings. The third kappa shape index (κ3) is 2.96. The highest BCUT2D eigenvalue weighted by molar-refractivity contribution is 5.86. The lowest BCUT2D eigenvalue weighted by Gasteiger charge is -2.25. The summed E-state index contributed by atoms with van der Waals surface area (Å²) >= 11 is 0. The summed E-state index contributed by atoms with van der Waals surface area (Å²) in [5.74, 6) is 0.0867. The van der Waals surface area contributed by atoms with E-state index in [2.05, 4.69) is 46.6 Å². The summed E-state index contributed by atoms with van der Waals surface area (Å²) in [7, 11) is 2.19. The molecule has 0 saturated heterocycles. The number of pyridine rings is 1. The molecule has 2 aromatic heterocycles. The van der Waals surface area contributed by atoms with Crippen LogP contribution < -0.4 is 0 Å². The van der Waals surface area contributed by atoms with Gasteiger partial charge in [-0.3, -0.25) is 4.98 Å². The lowest BCUT2D eigenvalue weighted by molar-refractivity contribution is 0.251. The maximum Gasteiger partial charge on any atom is 0.0516 e. The first-order valence-electron chi connectivity index (χ1n) is 8.97. The van der Waals surface area contributed by atoms with Crippen LogP contribution in [0.3, 0.4) is 0 Å². The fourth-order valence-corrected chi connectivity index (χ4v) is 4.03. The Bertz CT molecular complexity index is 885. The Hall–Kier alpha value is -2.17. The number of aliphatic hydroxyl groups excluding tert-OH is 1. The first-order valence-corrected chi connectivity index (χ1v) is 8.97. The first-order chi connectivity index (χ1) is 12.2. The van der Waals surface area contributed by atoms with Gasteiger partial charge in [0.15, 0.2) is 0 Å². The quantitative estimate of drug-likeness (QED) is 0.796. The molecule has 25 heavy (non-hydrogen) atoms. The van der Waals surface area contributed by atoms with E-state index >= 15 is 0 Å². The van der Waals surface area contributed by atoms with Crippen LogP contribution in [0.15, 0.2) is 42.7 Å². The summed E-state index contributed by atoms with van der Waals surface area (Å²) in [6.45, 7) is 5.19. The molecule has 3 aromatic rings. The van der Waals surface area contributed by atoms with Crippen LogP contribution in [0.2, 0.25) is 0 Å². The monoisotopic (exact) mass is 335 g/mol. The minimum Gasteiger partial charge on any atom is -0.396 e. The van der Waals surface area contributed by atoms with Crippen LogP contribution in [-0.2, 0) is 19.5 Å². The Morgan fingerprint density at radius 2 is 2.00 bits per heavy atom. The largest absolute Gasteiger partial charge is 0.396 e. The predicted octanol–water partition coefficient (Wildman–Crippen LogP) is 3.11. The molecule has 1 aliphatic heterocycles. The van der Waals surface area contributed by atoms with E-state index in [1.165, 1.54) is 27.7 Å². The van der Waals surface area contributed by atoms with Crippen LogP contribution >= 0.6 is 0 Å². The number of benzene rings is 1. The van der Waals surface area contributed by atoms with Gasteiger partial charge in [-0.25, -0.2) is 0 Å². The molecule has 0 spiro atoms. The molecule has 0 amide bonds. The first kappa shape index (κ1) is 16.3. The fraction of sp³-hybridized carbons (Fsp3) is 0.381. The summed E-state index contributed by atoms with van der Waals surface area (Å²) in [5, 5.41) is 11.4. The van der Waals surface area contributed by atoms with Crippen molar-refractivity contribution in [2.45, 2.75) is 32.4 Å². The zero-order valence-corrected chi connectivity index (χ0v) is 14.9. The van der Waals surface area contributed by atoms with Gasteiger partial charge in [0, 0.05) is 61.0 Å². The second-order valence-electron chi connectivity index (χ2n) is 7.20. The van der Waals surface area contributed by atoms with Crippen molar-refractivity contribution >= 4 is 10.9 Å². The van der Waals surface area contributed by atoms with Gasteiger partial charge < -0.3 is 14.6 Å². The van der Waals surface area contributed by atoms with Crippen LogP contribution in [0.1, 0.15) is 28.3 Å². The zero-order chi connectivity index (χ0) is 17.4. The van der Waals surface area contributed by atoms with Gasteiger partial charge in [-0.15, -0.1) is 0 Å². The smallest absolute Gasteiger partial charge is 0.0516 e. The average Bonchev–Trinajstić information content (AvgIpc) is 2.92. The lowest BCUT2D eigenvalue weighted by atomic mass is 10.0. The number of fused-ring (bicyclic) bond motifs is 3. The molecule has 1 atom stereocenters. The van der Waals surface area contributed by atoms with Crippen LogP contribution in [-0.4, -0.2) is 39.8 Å². The number of likely N-dealkylation sites (N-methyl/N-ethyl adjacent to an activating group) is 1. The minimum atomic E-state index is 0.0867. The number of hydrogen-bond acceptors (Lipinski definition) is 3. The topological polar surface area (TPSA) is 41.3 Å².